The highest BCUT2D eigenvalue weighted by Crippen LogP contribution is 2.25. The first kappa shape index (κ1) is 16.6. The van der Waals surface area contributed by atoms with E-state index in [4.69, 9.17) is 27.9 Å². The van der Waals surface area contributed by atoms with Gasteiger partial charge in [-0.15, -0.1) is 0 Å². The fourth-order valence-corrected chi connectivity index (χ4v) is 3.01. The second-order valence-electron chi connectivity index (χ2n) is 5.33. The molecule has 0 bridgehead atoms. The highest BCUT2D eigenvalue weighted by Gasteiger charge is 2.24. The molecule has 0 spiro atoms. The van der Waals surface area contributed by atoms with Crippen LogP contribution in [0.25, 0.3) is 0 Å². The number of ether oxygens (including phenoxy) is 1. The molecule has 1 saturated heterocycles. The maximum absolute atomic E-state index is 12.0. The summed E-state index contributed by atoms with van der Waals surface area (Å²) in [5.41, 5.74) is 0.535. The maximum atomic E-state index is 12.0. The normalized spacial score (nSPS) is 21.0. The van der Waals surface area contributed by atoms with Crippen molar-refractivity contribution < 1.29 is 14.6 Å². The van der Waals surface area contributed by atoms with Gasteiger partial charge in [-0.3, -0.25) is 4.79 Å². The summed E-state index contributed by atoms with van der Waals surface area (Å²) in [6.45, 7) is 2.66. The van der Waals surface area contributed by atoms with Crippen LogP contribution in [0.4, 0.5) is 0 Å². The molecule has 1 aromatic carbocycles. The van der Waals surface area contributed by atoms with Crippen LogP contribution in [0.5, 0.6) is 0 Å². The van der Waals surface area contributed by atoms with Crippen molar-refractivity contribution in [2.24, 2.45) is 0 Å². The highest BCUT2D eigenvalue weighted by molar-refractivity contribution is 6.34. The topological polar surface area (TPSA) is 58.6 Å². The van der Waals surface area contributed by atoms with E-state index in [1.54, 1.807) is 18.2 Å². The molecule has 0 radical (unpaired) electrons. The van der Waals surface area contributed by atoms with Crippen molar-refractivity contribution in [1.82, 2.24) is 5.32 Å². The number of amides is 1. The van der Waals surface area contributed by atoms with Crippen molar-refractivity contribution in [2.75, 3.05) is 6.61 Å². The van der Waals surface area contributed by atoms with E-state index in [1.165, 1.54) is 0 Å². The number of benzene rings is 1. The fourth-order valence-electron chi connectivity index (χ4n) is 2.46. The molecule has 21 heavy (non-hydrogen) atoms. The van der Waals surface area contributed by atoms with Crippen LogP contribution in [-0.2, 0) is 9.53 Å². The lowest BCUT2D eigenvalue weighted by molar-refractivity contribution is -0.124. The molecule has 1 fully saturated rings. The summed E-state index contributed by atoms with van der Waals surface area (Å²) in [7, 11) is 0. The average molecular weight is 332 g/mol. The summed E-state index contributed by atoms with van der Waals surface area (Å²) >= 11 is 11.8. The fraction of sp³-hybridized carbons (Fsp3) is 0.533. The van der Waals surface area contributed by atoms with Crippen LogP contribution in [0, 0.1) is 0 Å². The third-order valence-corrected chi connectivity index (χ3v) is 4.00. The predicted octanol–water partition coefficient (Wildman–Crippen LogP) is 3.10. The molecule has 2 N–H and O–H groups in total. The van der Waals surface area contributed by atoms with E-state index in [0.29, 0.717) is 15.6 Å². The Balaban J connectivity index is 1.89. The van der Waals surface area contributed by atoms with Gasteiger partial charge in [-0.1, -0.05) is 23.2 Å². The molecule has 4 nitrogen and oxygen atoms in total. The molecule has 0 saturated carbocycles. The maximum Gasteiger partial charge on any atom is 0.223 e. The Morgan fingerprint density at radius 2 is 2.10 bits per heavy atom. The summed E-state index contributed by atoms with van der Waals surface area (Å²) in [6.07, 6.45) is 1.07. The largest absolute Gasteiger partial charge is 0.388 e. The van der Waals surface area contributed by atoms with E-state index in [0.717, 1.165) is 19.4 Å². The quantitative estimate of drug-likeness (QED) is 0.871. The summed E-state index contributed by atoms with van der Waals surface area (Å²) in [6, 6.07) is 4.73. The first-order chi connectivity index (χ1) is 9.95. The van der Waals surface area contributed by atoms with E-state index in [1.807, 2.05) is 6.92 Å². The first-order valence-corrected chi connectivity index (χ1v) is 7.76. The molecule has 2 rings (SSSR count). The Morgan fingerprint density at radius 1 is 1.43 bits per heavy atom. The monoisotopic (exact) mass is 331 g/mol. The number of aliphatic hydroxyl groups is 1. The van der Waals surface area contributed by atoms with Gasteiger partial charge >= 0.3 is 0 Å². The Labute approximate surface area is 134 Å². The molecule has 6 heteroatoms. The minimum absolute atomic E-state index is 0.0340. The van der Waals surface area contributed by atoms with Crippen molar-refractivity contribution in [3.05, 3.63) is 33.8 Å². The van der Waals surface area contributed by atoms with Crippen molar-refractivity contribution in [3.63, 3.8) is 0 Å². The van der Waals surface area contributed by atoms with E-state index in [2.05, 4.69) is 5.32 Å². The molecule has 1 amide bonds. The molecule has 0 aliphatic carbocycles. The van der Waals surface area contributed by atoms with Gasteiger partial charge in [0.1, 0.15) is 0 Å². The predicted molar refractivity (Wildman–Crippen MR) is 82.6 cm³/mol. The van der Waals surface area contributed by atoms with Gasteiger partial charge < -0.3 is 15.2 Å². The molecule has 1 aliphatic rings. The zero-order chi connectivity index (χ0) is 15.4. The lowest BCUT2D eigenvalue weighted by Gasteiger charge is -2.21. The van der Waals surface area contributed by atoms with Crippen molar-refractivity contribution in [3.8, 4) is 0 Å². The Hall–Kier alpha value is -0.810. The number of carbonyl (C=O) groups is 1. The Bertz CT molecular complexity index is 483. The SMILES string of the molecule is CC(NC(=O)CC(O)c1cc(Cl)cc(Cl)c1)C1CCCO1. The minimum atomic E-state index is -0.933. The summed E-state index contributed by atoms with van der Waals surface area (Å²) in [4.78, 5) is 12.0. The Kier molecular flexibility index (Phi) is 5.88. The number of hydrogen-bond donors (Lipinski definition) is 2. The smallest absolute Gasteiger partial charge is 0.223 e. The van der Waals surface area contributed by atoms with Gasteiger partial charge in [-0.05, 0) is 43.5 Å². The summed E-state index contributed by atoms with van der Waals surface area (Å²) in [5.74, 6) is -0.221. The number of rotatable bonds is 5. The lowest BCUT2D eigenvalue weighted by Crippen LogP contribution is -2.41. The van der Waals surface area contributed by atoms with E-state index in [9.17, 15) is 9.90 Å². The van der Waals surface area contributed by atoms with Crippen molar-refractivity contribution in [2.45, 2.75) is 44.4 Å². The van der Waals surface area contributed by atoms with Crippen molar-refractivity contribution >= 4 is 29.1 Å². The Morgan fingerprint density at radius 3 is 2.67 bits per heavy atom. The molecule has 1 aromatic rings. The lowest BCUT2D eigenvalue weighted by atomic mass is 10.1. The summed E-state index contributed by atoms with van der Waals surface area (Å²) in [5, 5.41) is 13.8. The molecule has 0 aromatic heterocycles. The van der Waals surface area contributed by atoms with Crippen LogP contribution in [0.15, 0.2) is 18.2 Å². The number of hydrogen-bond acceptors (Lipinski definition) is 3. The second kappa shape index (κ2) is 7.45. The number of aliphatic hydroxyl groups excluding tert-OH is 1. The van der Waals surface area contributed by atoms with Gasteiger partial charge in [0.2, 0.25) is 5.91 Å². The molecule has 1 aliphatic heterocycles. The van der Waals surface area contributed by atoms with E-state index in [-0.39, 0.29) is 24.5 Å². The van der Waals surface area contributed by atoms with E-state index < -0.39 is 6.10 Å². The van der Waals surface area contributed by atoms with Gasteiger partial charge in [-0.2, -0.15) is 0 Å². The zero-order valence-electron chi connectivity index (χ0n) is 11.8. The molecule has 3 atom stereocenters. The van der Waals surface area contributed by atoms with E-state index >= 15 is 0 Å². The third-order valence-electron chi connectivity index (χ3n) is 3.56. The highest BCUT2D eigenvalue weighted by atomic mass is 35.5. The zero-order valence-corrected chi connectivity index (χ0v) is 13.3. The third kappa shape index (κ3) is 4.85. The van der Waals surface area contributed by atoms with Crippen LogP contribution in [0.2, 0.25) is 10.0 Å². The van der Waals surface area contributed by atoms with Crippen LogP contribution in [0.1, 0.15) is 37.9 Å². The number of carbonyl (C=O) groups excluding carboxylic acids is 1. The van der Waals surface area contributed by atoms with Crippen molar-refractivity contribution in [1.29, 1.82) is 0 Å². The standard InChI is InChI=1S/C15H19Cl2NO3/c1-9(14-3-2-4-21-14)18-15(20)8-13(19)10-5-11(16)7-12(17)6-10/h5-7,9,13-14,19H,2-4,8H2,1H3,(H,18,20). The number of nitrogens with one attached hydrogen (secondary N) is 1. The minimum Gasteiger partial charge on any atom is -0.388 e. The average Bonchev–Trinajstić information content (AvgIpc) is 2.91. The molecular formula is C15H19Cl2NO3. The first-order valence-electron chi connectivity index (χ1n) is 7.00. The van der Waals surface area contributed by atoms with Crippen LogP contribution < -0.4 is 5.32 Å². The van der Waals surface area contributed by atoms with Gasteiger partial charge in [0.15, 0.2) is 0 Å². The van der Waals surface area contributed by atoms with Gasteiger partial charge in [-0.25, -0.2) is 0 Å². The molecule has 116 valence electrons. The second-order valence-corrected chi connectivity index (χ2v) is 6.20. The number of halogens is 2. The van der Waals surface area contributed by atoms with Gasteiger partial charge in [0.05, 0.1) is 24.7 Å². The van der Waals surface area contributed by atoms with Crippen LogP contribution >= 0.6 is 23.2 Å². The molecular weight excluding hydrogens is 313 g/mol. The van der Waals surface area contributed by atoms with Crippen LogP contribution in [0.3, 0.4) is 0 Å². The van der Waals surface area contributed by atoms with Gasteiger partial charge in [0.25, 0.3) is 0 Å². The van der Waals surface area contributed by atoms with Crippen LogP contribution in [-0.4, -0.2) is 29.8 Å². The summed E-state index contributed by atoms with van der Waals surface area (Å²) < 4.78 is 5.52. The molecule has 1 heterocycles. The van der Waals surface area contributed by atoms with Gasteiger partial charge in [0, 0.05) is 16.7 Å². The molecule has 3 unspecified atom stereocenters.